The van der Waals surface area contributed by atoms with E-state index in [-0.39, 0.29) is 5.56 Å². The highest BCUT2D eigenvalue weighted by Crippen LogP contribution is 2.41. The molecule has 3 aromatic rings. The number of H-pyrrole nitrogens is 1. The number of methoxy groups -OCH3 is 1. The van der Waals surface area contributed by atoms with Crippen LogP contribution in [-0.4, -0.2) is 24.4 Å². The summed E-state index contributed by atoms with van der Waals surface area (Å²) in [6.07, 6.45) is 1.87. The lowest BCUT2D eigenvalue weighted by Gasteiger charge is -2.30. The normalized spacial score (nSPS) is 15.5. The van der Waals surface area contributed by atoms with Crippen LogP contribution in [0.4, 0.5) is 14.5 Å². The number of rotatable bonds is 3. The predicted octanol–water partition coefficient (Wildman–Crippen LogP) is 5.18. The van der Waals surface area contributed by atoms with E-state index in [1.807, 2.05) is 17.8 Å². The van der Waals surface area contributed by atoms with Gasteiger partial charge in [0.1, 0.15) is 17.4 Å². The maximum atomic E-state index is 14.2. The van der Waals surface area contributed by atoms with E-state index in [2.05, 4.69) is 22.0 Å². The fraction of sp³-hybridized carbons (Fsp3) is 0.273. The number of halogens is 2. The van der Waals surface area contributed by atoms with Crippen LogP contribution in [0.3, 0.4) is 0 Å². The number of hydrogen-bond donors (Lipinski definition) is 1. The number of nitrogens with zero attached hydrogens (tertiary/aromatic N) is 1. The average Bonchev–Trinajstić information content (AvgIpc) is 3.32. The third kappa shape index (κ3) is 2.87. The topological polar surface area (TPSA) is 28.3 Å². The van der Waals surface area contributed by atoms with E-state index in [0.29, 0.717) is 12.2 Å². The summed E-state index contributed by atoms with van der Waals surface area (Å²) >= 11 is 1.87. The number of thioether (sulfide) groups is 1. The van der Waals surface area contributed by atoms with Crippen LogP contribution >= 0.6 is 11.8 Å². The number of ether oxygens (including phenoxy) is 1. The summed E-state index contributed by atoms with van der Waals surface area (Å²) in [6.45, 7) is 1.51. The highest BCUT2D eigenvalue weighted by Gasteiger charge is 2.25. The molecule has 2 aliphatic heterocycles. The van der Waals surface area contributed by atoms with Crippen molar-refractivity contribution in [2.24, 2.45) is 0 Å². The summed E-state index contributed by atoms with van der Waals surface area (Å²) in [4.78, 5) is 6.83. The van der Waals surface area contributed by atoms with Gasteiger partial charge in [-0.2, -0.15) is 0 Å². The zero-order valence-corrected chi connectivity index (χ0v) is 16.3. The van der Waals surface area contributed by atoms with E-state index in [0.717, 1.165) is 47.8 Å². The molecule has 0 spiro atoms. The SMILES string of the molecule is COc1cc2c(cc1N1CCc3[nH]c(-c4c(F)cccc4F)cc3C1)CCS2. The van der Waals surface area contributed by atoms with Crippen molar-refractivity contribution < 1.29 is 13.5 Å². The molecule has 1 N–H and O–H groups in total. The molecule has 0 radical (unpaired) electrons. The lowest BCUT2D eigenvalue weighted by atomic mass is 10.0. The molecule has 2 aromatic carbocycles. The van der Waals surface area contributed by atoms with Gasteiger partial charge in [-0.3, -0.25) is 0 Å². The quantitative estimate of drug-likeness (QED) is 0.659. The van der Waals surface area contributed by atoms with Gasteiger partial charge in [0.2, 0.25) is 0 Å². The number of anilines is 1. The molecular weight excluding hydrogens is 378 g/mol. The Kier molecular flexibility index (Phi) is 4.31. The van der Waals surface area contributed by atoms with E-state index < -0.39 is 11.6 Å². The van der Waals surface area contributed by atoms with Gasteiger partial charge in [-0.1, -0.05) is 6.07 Å². The molecule has 0 amide bonds. The highest BCUT2D eigenvalue weighted by molar-refractivity contribution is 7.99. The number of benzene rings is 2. The standard InChI is InChI=1S/C22H20F2N2OS/c1-27-20-11-21-13(6-8-28-21)10-19(20)26-7-5-17-14(12-26)9-18(25-17)22-15(23)3-2-4-16(22)24/h2-4,9-11,25H,5-8,12H2,1H3. The molecule has 3 heterocycles. The second kappa shape index (κ2) is 6.85. The largest absolute Gasteiger partial charge is 0.495 e. The van der Waals surface area contributed by atoms with Gasteiger partial charge in [0.25, 0.3) is 0 Å². The summed E-state index contributed by atoms with van der Waals surface area (Å²) in [6, 6.07) is 10.2. The van der Waals surface area contributed by atoms with Crippen molar-refractivity contribution in [1.82, 2.24) is 4.98 Å². The first kappa shape index (κ1) is 17.6. The first-order valence-electron chi connectivity index (χ1n) is 9.38. The molecule has 0 fully saturated rings. The Labute approximate surface area is 166 Å². The first-order chi connectivity index (χ1) is 13.6. The van der Waals surface area contributed by atoms with Gasteiger partial charge >= 0.3 is 0 Å². The summed E-state index contributed by atoms with van der Waals surface area (Å²) in [5.74, 6) is 0.899. The van der Waals surface area contributed by atoms with Crippen LogP contribution in [0.25, 0.3) is 11.3 Å². The fourth-order valence-electron chi connectivity index (χ4n) is 4.14. The van der Waals surface area contributed by atoms with Crippen molar-refractivity contribution in [3.05, 3.63) is 64.9 Å². The van der Waals surface area contributed by atoms with Gasteiger partial charge in [-0.25, -0.2) is 8.78 Å². The van der Waals surface area contributed by atoms with Crippen LogP contribution in [0.5, 0.6) is 5.75 Å². The van der Waals surface area contributed by atoms with E-state index in [1.165, 1.54) is 28.7 Å². The lowest BCUT2D eigenvalue weighted by molar-refractivity contribution is 0.412. The summed E-state index contributed by atoms with van der Waals surface area (Å²) in [5.41, 5.74) is 5.09. The number of fused-ring (bicyclic) bond motifs is 2. The summed E-state index contributed by atoms with van der Waals surface area (Å²) < 4.78 is 34.0. The minimum Gasteiger partial charge on any atom is -0.495 e. The van der Waals surface area contributed by atoms with Gasteiger partial charge in [-0.05, 0) is 47.9 Å². The van der Waals surface area contributed by atoms with Crippen LogP contribution in [0.15, 0.2) is 41.3 Å². The van der Waals surface area contributed by atoms with Gasteiger partial charge in [0.05, 0.1) is 24.1 Å². The van der Waals surface area contributed by atoms with E-state index in [4.69, 9.17) is 4.74 Å². The van der Waals surface area contributed by atoms with Crippen molar-refractivity contribution in [2.75, 3.05) is 24.3 Å². The molecule has 0 atom stereocenters. The molecule has 5 rings (SSSR count). The maximum absolute atomic E-state index is 14.2. The number of aromatic amines is 1. The van der Waals surface area contributed by atoms with Gasteiger partial charge in [-0.15, -0.1) is 11.8 Å². The smallest absolute Gasteiger partial charge is 0.143 e. The number of nitrogens with one attached hydrogen (secondary N) is 1. The van der Waals surface area contributed by atoms with Crippen molar-refractivity contribution >= 4 is 17.4 Å². The fourth-order valence-corrected chi connectivity index (χ4v) is 5.21. The predicted molar refractivity (Wildman–Crippen MR) is 108 cm³/mol. The number of hydrogen-bond acceptors (Lipinski definition) is 3. The molecule has 0 unspecified atom stereocenters. The molecule has 0 saturated heterocycles. The van der Waals surface area contributed by atoms with Gasteiger partial charge in [0.15, 0.2) is 0 Å². The molecule has 3 nitrogen and oxygen atoms in total. The zero-order chi connectivity index (χ0) is 19.3. The Morgan fingerprint density at radius 3 is 2.68 bits per heavy atom. The number of aryl methyl sites for hydroxylation is 1. The third-order valence-corrected chi connectivity index (χ3v) is 6.65. The van der Waals surface area contributed by atoms with Crippen LogP contribution in [0.2, 0.25) is 0 Å². The second-order valence-corrected chi connectivity index (χ2v) is 8.32. The molecule has 0 saturated carbocycles. The second-order valence-electron chi connectivity index (χ2n) is 7.19. The summed E-state index contributed by atoms with van der Waals surface area (Å²) in [7, 11) is 1.70. The molecule has 0 aliphatic carbocycles. The molecule has 2 aliphatic rings. The van der Waals surface area contributed by atoms with Crippen LogP contribution in [-0.2, 0) is 19.4 Å². The molecule has 28 heavy (non-hydrogen) atoms. The Morgan fingerprint density at radius 2 is 1.89 bits per heavy atom. The molecule has 0 bridgehead atoms. The Hall–Kier alpha value is -2.47. The molecule has 1 aromatic heterocycles. The monoisotopic (exact) mass is 398 g/mol. The first-order valence-corrected chi connectivity index (χ1v) is 10.4. The third-order valence-electron chi connectivity index (χ3n) is 5.55. The lowest BCUT2D eigenvalue weighted by Crippen LogP contribution is -2.30. The minimum atomic E-state index is -0.548. The molecule has 6 heteroatoms. The van der Waals surface area contributed by atoms with E-state index in [9.17, 15) is 8.78 Å². The highest BCUT2D eigenvalue weighted by atomic mass is 32.2. The van der Waals surface area contributed by atoms with Crippen molar-refractivity contribution in [3.8, 4) is 17.0 Å². The van der Waals surface area contributed by atoms with Crippen molar-refractivity contribution in [2.45, 2.75) is 24.3 Å². The number of aromatic nitrogens is 1. The van der Waals surface area contributed by atoms with Gasteiger partial charge < -0.3 is 14.6 Å². The van der Waals surface area contributed by atoms with Crippen LogP contribution in [0.1, 0.15) is 16.8 Å². The van der Waals surface area contributed by atoms with E-state index >= 15 is 0 Å². The van der Waals surface area contributed by atoms with Crippen molar-refractivity contribution in [1.29, 1.82) is 0 Å². The zero-order valence-electron chi connectivity index (χ0n) is 15.5. The van der Waals surface area contributed by atoms with Crippen LogP contribution in [0, 0.1) is 11.6 Å². The minimum absolute atomic E-state index is 0.00980. The molecule has 144 valence electrons. The summed E-state index contributed by atoms with van der Waals surface area (Å²) in [5, 5.41) is 0. The Morgan fingerprint density at radius 1 is 1.07 bits per heavy atom. The van der Waals surface area contributed by atoms with E-state index in [1.54, 1.807) is 7.11 Å². The van der Waals surface area contributed by atoms with Crippen LogP contribution < -0.4 is 9.64 Å². The average molecular weight is 398 g/mol. The Bertz CT molecular complexity index is 1040. The van der Waals surface area contributed by atoms with Crippen molar-refractivity contribution in [3.63, 3.8) is 0 Å². The van der Waals surface area contributed by atoms with Gasteiger partial charge in [0, 0.05) is 35.9 Å². The Balaban J connectivity index is 1.49. The molecular formula is C22H20F2N2OS. The maximum Gasteiger partial charge on any atom is 0.143 e.